The predicted octanol–water partition coefficient (Wildman–Crippen LogP) is 2.04. The fraction of sp³-hybridized carbons (Fsp3) is 0.318. The molecule has 0 fully saturated rings. The number of halogens is 1. The smallest absolute Gasteiger partial charge is 0.224 e. The number of nitrogens with one attached hydrogen (secondary N) is 1. The van der Waals surface area contributed by atoms with Gasteiger partial charge < -0.3 is 15.0 Å². The van der Waals surface area contributed by atoms with Crippen LogP contribution in [0.1, 0.15) is 22.8 Å². The van der Waals surface area contributed by atoms with Crippen LogP contribution >= 0.6 is 0 Å². The highest BCUT2D eigenvalue weighted by molar-refractivity contribution is 5.78. The molecule has 156 valence electrons. The number of phenols is 1. The third-order valence-electron chi connectivity index (χ3n) is 5.28. The lowest BCUT2D eigenvalue weighted by atomic mass is 10.1. The van der Waals surface area contributed by atoms with E-state index in [4.69, 9.17) is 0 Å². The first-order valence-electron chi connectivity index (χ1n) is 10.00. The fourth-order valence-electron chi connectivity index (χ4n) is 3.67. The van der Waals surface area contributed by atoms with Crippen LogP contribution in [0.25, 0.3) is 0 Å². The van der Waals surface area contributed by atoms with Gasteiger partial charge in [0.2, 0.25) is 5.91 Å². The molecular weight excluding hydrogens is 385 g/mol. The van der Waals surface area contributed by atoms with Gasteiger partial charge in [-0.3, -0.25) is 9.69 Å². The predicted molar refractivity (Wildman–Crippen MR) is 109 cm³/mol. The summed E-state index contributed by atoms with van der Waals surface area (Å²) in [6.45, 7) is 3.28. The molecule has 7 nitrogen and oxygen atoms in total. The molecule has 2 N–H and O–H groups in total. The lowest BCUT2D eigenvalue weighted by molar-refractivity contribution is -0.120. The van der Waals surface area contributed by atoms with Crippen molar-refractivity contribution < 1.29 is 14.3 Å². The highest BCUT2D eigenvalue weighted by Gasteiger charge is 2.19. The maximum atomic E-state index is 13.3. The number of nitrogens with zero attached hydrogens (tertiary/aromatic N) is 4. The van der Waals surface area contributed by atoms with E-state index in [1.54, 1.807) is 18.2 Å². The van der Waals surface area contributed by atoms with E-state index in [1.807, 2.05) is 22.8 Å². The van der Waals surface area contributed by atoms with Crippen molar-refractivity contribution in [2.24, 2.45) is 0 Å². The Bertz CT molecular complexity index is 1040. The Labute approximate surface area is 174 Å². The topological polar surface area (TPSA) is 83.3 Å². The van der Waals surface area contributed by atoms with Crippen LogP contribution in [0, 0.1) is 5.82 Å². The molecule has 1 amide bonds. The maximum Gasteiger partial charge on any atom is 0.224 e. The van der Waals surface area contributed by atoms with Gasteiger partial charge in [0.25, 0.3) is 0 Å². The van der Waals surface area contributed by atoms with Gasteiger partial charge in [-0.2, -0.15) is 0 Å². The summed E-state index contributed by atoms with van der Waals surface area (Å²) in [5.74, 6) is 1.37. The number of rotatable bonds is 6. The first-order chi connectivity index (χ1) is 14.6. The van der Waals surface area contributed by atoms with Crippen LogP contribution in [0.4, 0.5) is 4.39 Å². The van der Waals surface area contributed by atoms with Crippen molar-refractivity contribution in [3.63, 3.8) is 0 Å². The second-order valence-electron chi connectivity index (χ2n) is 7.42. The van der Waals surface area contributed by atoms with Crippen LogP contribution in [0.15, 0.2) is 48.5 Å². The molecule has 0 saturated carbocycles. The lowest BCUT2D eigenvalue weighted by Crippen LogP contribution is -2.28. The molecule has 0 spiro atoms. The second kappa shape index (κ2) is 9.04. The molecule has 2 aromatic carbocycles. The van der Waals surface area contributed by atoms with Crippen LogP contribution in [0.3, 0.4) is 0 Å². The number of carbonyl (C=O) groups is 1. The molecule has 1 aliphatic rings. The van der Waals surface area contributed by atoms with Gasteiger partial charge in [-0.1, -0.05) is 30.3 Å². The Balaban J connectivity index is 1.33. The first kappa shape index (κ1) is 20.0. The monoisotopic (exact) mass is 409 g/mol. The van der Waals surface area contributed by atoms with Crippen LogP contribution < -0.4 is 5.32 Å². The van der Waals surface area contributed by atoms with Crippen LogP contribution in [-0.2, 0) is 37.3 Å². The average molecular weight is 409 g/mol. The van der Waals surface area contributed by atoms with Gasteiger partial charge in [-0.05, 0) is 23.8 Å². The minimum absolute atomic E-state index is 0.118. The molecule has 1 aliphatic heterocycles. The zero-order valence-electron chi connectivity index (χ0n) is 16.6. The van der Waals surface area contributed by atoms with E-state index in [2.05, 4.69) is 20.4 Å². The minimum Gasteiger partial charge on any atom is -0.508 e. The molecule has 0 aliphatic carbocycles. The summed E-state index contributed by atoms with van der Waals surface area (Å²) in [7, 11) is 0. The third kappa shape index (κ3) is 4.83. The summed E-state index contributed by atoms with van der Waals surface area (Å²) >= 11 is 0. The number of hydrogen-bond donors (Lipinski definition) is 2. The molecule has 8 heteroatoms. The Hall–Kier alpha value is -3.26. The minimum atomic E-state index is -0.351. The van der Waals surface area contributed by atoms with Crippen molar-refractivity contribution >= 4 is 5.91 Å². The van der Waals surface area contributed by atoms with Crippen LogP contribution in [-0.4, -0.2) is 43.8 Å². The summed E-state index contributed by atoms with van der Waals surface area (Å²) in [6.07, 6.45) is 0.866. The normalized spacial score (nSPS) is 14.2. The Kier molecular flexibility index (Phi) is 6.04. The SMILES string of the molecule is O=C(Cc1cccc(F)c1)NCc1nnc2n1CCN(Cc1ccccc1O)CC2. The van der Waals surface area contributed by atoms with Gasteiger partial charge >= 0.3 is 0 Å². The number of benzene rings is 2. The Morgan fingerprint density at radius 2 is 1.97 bits per heavy atom. The van der Waals surface area contributed by atoms with E-state index in [9.17, 15) is 14.3 Å². The molecule has 2 heterocycles. The van der Waals surface area contributed by atoms with Gasteiger partial charge in [-0.25, -0.2) is 4.39 Å². The molecule has 3 aromatic rings. The molecule has 0 radical (unpaired) electrons. The maximum absolute atomic E-state index is 13.3. The summed E-state index contributed by atoms with van der Waals surface area (Å²) in [5, 5.41) is 21.4. The number of fused-ring (bicyclic) bond motifs is 1. The fourth-order valence-corrected chi connectivity index (χ4v) is 3.67. The van der Waals surface area contributed by atoms with Crippen molar-refractivity contribution in [2.45, 2.75) is 32.5 Å². The number of carbonyl (C=O) groups excluding carboxylic acids is 1. The number of aromatic hydroxyl groups is 1. The van der Waals surface area contributed by atoms with Gasteiger partial charge in [0.15, 0.2) is 5.82 Å². The van der Waals surface area contributed by atoms with Crippen molar-refractivity contribution in [1.82, 2.24) is 25.0 Å². The highest BCUT2D eigenvalue weighted by atomic mass is 19.1. The number of aromatic nitrogens is 3. The van der Waals surface area contributed by atoms with Crippen molar-refractivity contribution in [3.05, 3.63) is 77.1 Å². The zero-order chi connectivity index (χ0) is 20.9. The molecule has 0 saturated heterocycles. The van der Waals surface area contributed by atoms with Gasteiger partial charge in [-0.15, -0.1) is 10.2 Å². The Morgan fingerprint density at radius 3 is 2.80 bits per heavy atom. The largest absolute Gasteiger partial charge is 0.508 e. The van der Waals surface area contributed by atoms with E-state index < -0.39 is 0 Å². The summed E-state index contributed by atoms with van der Waals surface area (Å²) in [5.41, 5.74) is 1.53. The lowest BCUT2D eigenvalue weighted by Gasteiger charge is -2.20. The Morgan fingerprint density at radius 1 is 1.10 bits per heavy atom. The highest BCUT2D eigenvalue weighted by Crippen LogP contribution is 2.19. The standard InChI is InChI=1S/C22H24FN5O2/c23-18-6-3-4-16(12-18)13-22(30)24-14-21-26-25-20-8-9-27(10-11-28(20)21)15-17-5-1-2-7-19(17)29/h1-7,12,29H,8-11,13-15H2,(H,24,30). The molecule has 0 unspecified atom stereocenters. The van der Waals surface area contributed by atoms with E-state index in [0.717, 1.165) is 30.9 Å². The van der Waals surface area contributed by atoms with E-state index in [1.165, 1.54) is 12.1 Å². The zero-order valence-corrected chi connectivity index (χ0v) is 16.6. The summed E-state index contributed by atoms with van der Waals surface area (Å²) in [4.78, 5) is 14.5. The third-order valence-corrected chi connectivity index (χ3v) is 5.28. The van der Waals surface area contributed by atoms with Crippen molar-refractivity contribution in [2.75, 3.05) is 13.1 Å². The number of phenolic OH excluding ortho intramolecular Hbond substituents is 1. The van der Waals surface area contributed by atoms with E-state index >= 15 is 0 Å². The molecule has 0 atom stereocenters. The molecule has 1 aromatic heterocycles. The second-order valence-corrected chi connectivity index (χ2v) is 7.42. The van der Waals surface area contributed by atoms with Crippen LogP contribution in [0.2, 0.25) is 0 Å². The molecular formula is C22H24FN5O2. The number of para-hydroxylation sites is 1. The molecule has 0 bridgehead atoms. The van der Waals surface area contributed by atoms with E-state index in [0.29, 0.717) is 30.2 Å². The van der Waals surface area contributed by atoms with Crippen LogP contribution in [0.5, 0.6) is 5.75 Å². The van der Waals surface area contributed by atoms with Gasteiger partial charge in [0, 0.05) is 38.2 Å². The molecule has 4 rings (SSSR count). The summed E-state index contributed by atoms with van der Waals surface area (Å²) < 4.78 is 15.3. The quantitative estimate of drug-likeness (QED) is 0.651. The number of hydrogen-bond acceptors (Lipinski definition) is 5. The van der Waals surface area contributed by atoms with Crippen molar-refractivity contribution in [1.29, 1.82) is 0 Å². The molecule has 30 heavy (non-hydrogen) atoms. The average Bonchev–Trinajstić information content (AvgIpc) is 3.00. The van der Waals surface area contributed by atoms with Gasteiger partial charge in [0.05, 0.1) is 13.0 Å². The van der Waals surface area contributed by atoms with Crippen molar-refractivity contribution in [3.8, 4) is 5.75 Å². The van der Waals surface area contributed by atoms with Gasteiger partial charge in [0.1, 0.15) is 17.4 Å². The number of amides is 1. The van der Waals surface area contributed by atoms with E-state index in [-0.39, 0.29) is 24.7 Å². The first-order valence-corrected chi connectivity index (χ1v) is 10.00. The summed E-state index contributed by atoms with van der Waals surface area (Å²) in [6, 6.07) is 13.4.